The molecule has 0 fully saturated rings. The van der Waals surface area contributed by atoms with Gasteiger partial charge in [0.2, 0.25) is 0 Å². The van der Waals surface area contributed by atoms with Crippen LogP contribution in [0, 0.1) is 5.92 Å². The molecular weight excluding hydrogens is 208 g/mol. The summed E-state index contributed by atoms with van der Waals surface area (Å²) in [4.78, 5) is 11.8. The Hall–Kier alpha value is -0.590. The number of hydrogen-bond donors (Lipinski definition) is 0. The van der Waals surface area contributed by atoms with Gasteiger partial charge in [-0.1, -0.05) is 51.2 Å². The second-order valence-corrected chi connectivity index (χ2v) is 5.43. The van der Waals surface area contributed by atoms with Gasteiger partial charge in [0.1, 0.15) is 5.78 Å². The van der Waals surface area contributed by atoms with Crippen molar-refractivity contribution in [1.82, 2.24) is 0 Å². The van der Waals surface area contributed by atoms with Gasteiger partial charge in [-0.05, 0) is 32.1 Å². The van der Waals surface area contributed by atoms with E-state index in [-0.39, 0.29) is 5.92 Å². The van der Waals surface area contributed by atoms with E-state index in [4.69, 9.17) is 0 Å². The lowest BCUT2D eigenvalue weighted by molar-refractivity contribution is -0.122. The molecule has 1 atom stereocenters. The lowest BCUT2D eigenvalue weighted by atomic mass is 9.96. The average molecular weight is 236 g/mol. The summed E-state index contributed by atoms with van der Waals surface area (Å²) in [6.07, 6.45) is 17.8. The van der Waals surface area contributed by atoms with E-state index in [0.29, 0.717) is 5.78 Å². The van der Waals surface area contributed by atoms with Crippen molar-refractivity contribution in [3.63, 3.8) is 0 Å². The zero-order valence-electron chi connectivity index (χ0n) is 11.4. The first-order valence-electron chi connectivity index (χ1n) is 7.48. The summed E-state index contributed by atoms with van der Waals surface area (Å²) in [5.74, 6) is 0.748. The van der Waals surface area contributed by atoms with Gasteiger partial charge in [-0.15, -0.1) is 0 Å². The van der Waals surface area contributed by atoms with Crippen molar-refractivity contribution in [2.24, 2.45) is 5.92 Å². The van der Waals surface area contributed by atoms with Crippen molar-refractivity contribution in [3.05, 3.63) is 12.2 Å². The molecule has 0 amide bonds. The SMILES string of the molecule is CC1CC/C=C/CCCCCCCCCC1=O. The Morgan fingerprint density at radius 3 is 2.24 bits per heavy atom. The number of carbonyl (C=O) groups excluding carboxylic acids is 1. The van der Waals surface area contributed by atoms with E-state index in [1.807, 2.05) is 0 Å². The molecule has 98 valence electrons. The molecule has 1 heteroatoms. The van der Waals surface area contributed by atoms with Gasteiger partial charge in [-0.25, -0.2) is 0 Å². The molecule has 1 rings (SSSR count). The molecule has 1 unspecified atom stereocenters. The molecule has 0 N–H and O–H groups in total. The minimum Gasteiger partial charge on any atom is -0.299 e. The Kier molecular flexibility index (Phi) is 8.04. The number of rotatable bonds is 0. The number of Topliss-reactive ketones (excluding diaryl/α,β-unsaturated/α-hetero) is 1. The van der Waals surface area contributed by atoms with E-state index in [1.54, 1.807) is 0 Å². The van der Waals surface area contributed by atoms with Crippen LogP contribution in [-0.4, -0.2) is 5.78 Å². The molecule has 0 saturated heterocycles. The summed E-state index contributed by atoms with van der Waals surface area (Å²) in [6, 6.07) is 0. The quantitative estimate of drug-likeness (QED) is 0.538. The average Bonchev–Trinajstić information content (AvgIpc) is 2.34. The summed E-state index contributed by atoms with van der Waals surface area (Å²) >= 11 is 0. The minimum atomic E-state index is 0.268. The van der Waals surface area contributed by atoms with E-state index in [1.165, 1.54) is 44.9 Å². The van der Waals surface area contributed by atoms with Crippen LogP contribution in [0.4, 0.5) is 0 Å². The highest BCUT2D eigenvalue weighted by atomic mass is 16.1. The van der Waals surface area contributed by atoms with E-state index in [2.05, 4.69) is 19.1 Å². The lowest BCUT2D eigenvalue weighted by Crippen LogP contribution is -2.10. The maximum atomic E-state index is 11.8. The molecule has 17 heavy (non-hydrogen) atoms. The predicted molar refractivity (Wildman–Crippen MR) is 74.1 cm³/mol. The second kappa shape index (κ2) is 9.44. The molecule has 1 nitrogen and oxygen atoms in total. The van der Waals surface area contributed by atoms with E-state index < -0.39 is 0 Å². The topological polar surface area (TPSA) is 17.1 Å². The van der Waals surface area contributed by atoms with Crippen LogP contribution in [0.15, 0.2) is 12.2 Å². The first-order valence-corrected chi connectivity index (χ1v) is 7.48. The molecule has 0 aromatic carbocycles. The monoisotopic (exact) mass is 236 g/mol. The van der Waals surface area contributed by atoms with Crippen LogP contribution in [0.1, 0.15) is 77.6 Å². The molecule has 0 heterocycles. The van der Waals surface area contributed by atoms with Gasteiger partial charge in [0.15, 0.2) is 0 Å². The number of allylic oxidation sites excluding steroid dienone is 2. The molecule has 0 aromatic rings. The molecule has 0 bridgehead atoms. The van der Waals surface area contributed by atoms with Crippen LogP contribution in [0.25, 0.3) is 0 Å². The smallest absolute Gasteiger partial charge is 0.135 e. The lowest BCUT2D eigenvalue weighted by Gasteiger charge is -2.08. The van der Waals surface area contributed by atoms with Crippen molar-refractivity contribution < 1.29 is 4.79 Å². The predicted octanol–water partition coefficient (Wildman–Crippen LogP) is 5.05. The Morgan fingerprint density at radius 1 is 0.882 bits per heavy atom. The first kappa shape index (κ1) is 14.5. The van der Waals surface area contributed by atoms with Crippen LogP contribution in [-0.2, 0) is 4.79 Å². The molecule has 0 aromatic heterocycles. The Labute approximate surface area is 107 Å². The molecule has 0 aliphatic heterocycles. The Balaban J connectivity index is 2.31. The third-order valence-electron chi connectivity index (χ3n) is 3.78. The van der Waals surface area contributed by atoms with Gasteiger partial charge >= 0.3 is 0 Å². The van der Waals surface area contributed by atoms with Crippen molar-refractivity contribution in [2.45, 2.75) is 77.6 Å². The van der Waals surface area contributed by atoms with E-state index in [0.717, 1.165) is 25.7 Å². The highest BCUT2D eigenvalue weighted by Gasteiger charge is 2.11. The zero-order chi connectivity index (χ0) is 12.3. The Bertz CT molecular complexity index is 230. The highest BCUT2D eigenvalue weighted by Crippen LogP contribution is 2.15. The molecule has 1 aliphatic rings. The third kappa shape index (κ3) is 7.36. The standard InChI is InChI=1S/C16H28O/c1-15-13-11-9-7-5-3-2-4-6-8-10-12-14-16(15)17/h7,9,15H,2-6,8,10-14H2,1H3/b9-7+. The maximum absolute atomic E-state index is 11.8. The molecule has 0 spiro atoms. The fraction of sp³-hybridized carbons (Fsp3) is 0.812. The summed E-state index contributed by atoms with van der Waals surface area (Å²) in [7, 11) is 0. The zero-order valence-corrected chi connectivity index (χ0v) is 11.4. The highest BCUT2D eigenvalue weighted by molar-refractivity contribution is 5.80. The fourth-order valence-corrected chi connectivity index (χ4v) is 2.43. The van der Waals surface area contributed by atoms with Gasteiger partial charge in [-0.2, -0.15) is 0 Å². The van der Waals surface area contributed by atoms with Crippen molar-refractivity contribution in [1.29, 1.82) is 0 Å². The maximum Gasteiger partial charge on any atom is 0.135 e. The number of carbonyl (C=O) groups is 1. The van der Waals surface area contributed by atoms with Gasteiger partial charge in [0, 0.05) is 12.3 Å². The summed E-state index contributed by atoms with van der Waals surface area (Å²) < 4.78 is 0. The molecule has 0 saturated carbocycles. The van der Waals surface area contributed by atoms with Crippen LogP contribution < -0.4 is 0 Å². The molecule has 1 aliphatic carbocycles. The summed E-state index contributed by atoms with van der Waals surface area (Å²) in [5, 5.41) is 0. The van der Waals surface area contributed by atoms with Crippen LogP contribution in [0.2, 0.25) is 0 Å². The van der Waals surface area contributed by atoms with E-state index in [9.17, 15) is 4.79 Å². The molecular formula is C16H28O. The van der Waals surface area contributed by atoms with Crippen molar-refractivity contribution in [2.75, 3.05) is 0 Å². The van der Waals surface area contributed by atoms with E-state index >= 15 is 0 Å². The van der Waals surface area contributed by atoms with Crippen LogP contribution in [0.5, 0.6) is 0 Å². The fourth-order valence-electron chi connectivity index (χ4n) is 2.43. The third-order valence-corrected chi connectivity index (χ3v) is 3.78. The second-order valence-electron chi connectivity index (χ2n) is 5.43. The first-order chi connectivity index (χ1) is 8.30. The van der Waals surface area contributed by atoms with Gasteiger partial charge in [0.05, 0.1) is 0 Å². The normalized spacial score (nSPS) is 28.1. The minimum absolute atomic E-state index is 0.268. The molecule has 0 radical (unpaired) electrons. The van der Waals surface area contributed by atoms with Gasteiger partial charge < -0.3 is 0 Å². The van der Waals surface area contributed by atoms with Crippen LogP contribution in [0.3, 0.4) is 0 Å². The van der Waals surface area contributed by atoms with Crippen LogP contribution >= 0.6 is 0 Å². The van der Waals surface area contributed by atoms with Gasteiger partial charge in [-0.3, -0.25) is 4.79 Å². The van der Waals surface area contributed by atoms with Gasteiger partial charge in [0.25, 0.3) is 0 Å². The van der Waals surface area contributed by atoms with Crippen molar-refractivity contribution in [3.8, 4) is 0 Å². The number of ketones is 1. The number of hydrogen-bond acceptors (Lipinski definition) is 1. The van der Waals surface area contributed by atoms with Crippen molar-refractivity contribution >= 4 is 5.78 Å². The Morgan fingerprint density at radius 2 is 1.47 bits per heavy atom. The largest absolute Gasteiger partial charge is 0.299 e. The summed E-state index contributed by atoms with van der Waals surface area (Å²) in [5.41, 5.74) is 0. The summed E-state index contributed by atoms with van der Waals surface area (Å²) in [6.45, 7) is 2.09.